The molecule has 4 nitrogen and oxygen atoms in total. The molecule has 2 saturated heterocycles. The largest absolute Gasteiger partial charge is 0.417 e. The Morgan fingerprint density at radius 2 is 1.67 bits per heavy atom. The maximum atomic E-state index is 12.7. The van der Waals surface area contributed by atoms with Crippen LogP contribution in [-0.4, -0.2) is 48.9 Å². The first kappa shape index (κ1) is 19.2. The van der Waals surface area contributed by atoms with Crippen LogP contribution in [0.5, 0.6) is 0 Å². The predicted molar refractivity (Wildman–Crippen MR) is 96.1 cm³/mol. The smallest absolute Gasteiger partial charge is 0.300 e. The fourth-order valence-corrected chi connectivity index (χ4v) is 7.45. The molecule has 150 valence electrons. The lowest BCUT2D eigenvalue weighted by Gasteiger charge is -2.49. The molecule has 2 aliphatic heterocycles. The Kier molecular flexibility index (Phi) is 4.78. The van der Waals surface area contributed by atoms with Gasteiger partial charge in [-0.1, -0.05) is 0 Å². The highest BCUT2D eigenvalue weighted by Crippen LogP contribution is 2.44. The van der Waals surface area contributed by atoms with E-state index in [1.54, 1.807) is 0 Å². The summed E-state index contributed by atoms with van der Waals surface area (Å²) < 4.78 is 61.0. The number of aromatic nitrogens is 1. The van der Waals surface area contributed by atoms with Crippen molar-refractivity contribution in [1.29, 1.82) is 0 Å². The van der Waals surface area contributed by atoms with E-state index in [1.807, 2.05) is 0 Å². The molecule has 0 radical (unpaired) electrons. The molecule has 1 spiro atoms. The van der Waals surface area contributed by atoms with Crippen LogP contribution in [0.3, 0.4) is 0 Å². The fraction of sp³-hybridized carbons (Fsp3) is 0.737. The van der Waals surface area contributed by atoms with Gasteiger partial charge in [-0.05, 0) is 63.7 Å². The van der Waals surface area contributed by atoms with Crippen molar-refractivity contribution in [2.75, 3.05) is 24.6 Å². The fourth-order valence-electron chi connectivity index (χ4n) is 5.09. The van der Waals surface area contributed by atoms with Crippen molar-refractivity contribution >= 4 is 9.84 Å². The Morgan fingerprint density at radius 1 is 1.04 bits per heavy atom. The molecule has 27 heavy (non-hydrogen) atoms. The highest BCUT2D eigenvalue weighted by molar-refractivity contribution is 7.92. The average molecular weight is 402 g/mol. The minimum absolute atomic E-state index is 0.0384. The number of hydrogen-bond donors (Lipinski definition) is 0. The topological polar surface area (TPSA) is 50.3 Å². The van der Waals surface area contributed by atoms with Crippen molar-refractivity contribution in [3.8, 4) is 0 Å². The van der Waals surface area contributed by atoms with Crippen molar-refractivity contribution in [1.82, 2.24) is 9.88 Å². The Bertz CT molecular complexity index is 762. The van der Waals surface area contributed by atoms with Crippen LogP contribution in [0.4, 0.5) is 13.2 Å². The zero-order chi connectivity index (χ0) is 19.3. The van der Waals surface area contributed by atoms with Gasteiger partial charge in [0.1, 0.15) is 0 Å². The number of alkyl halides is 3. The normalized spacial score (nSPS) is 30.8. The van der Waals surface area contributed by atoms with Gasteiger partial charge in [-0.15, -0.1) is 0 Å². The van der Waals surface area contributed by atoms with Crippen molar-refractivity contribution < 1.29 is 21.6 Å². The summed E-state index contributed by atoms with van der Waals surface area (Å²) in [4.78, 5) is 6.56. The van der Waals surface area contributed by atoms with Crippen LogP contribution < -0.4 is 0 Å². The summed E-state index contributed by atoms with van der Waals surface area (Å²) in [7, 11) is -2.78. The third-order valence-electron chi connectivity index (χ3n) is 6.66. The van der Waals surface area contributed by atoms with Crippen molar-refractivity contribution in [2.45, 2.75) is 56.7 Å². The molecule has 1 aliphatic carbocycles. The van der Waals surface area contributed by atoms with Crippen LogP contribution in [0.25, 0.3) is 0 Å². The van der Waals surface area contributed by atoms with Gasteiger partial charge in [-0.3, -0.25) is 4.98 Å². The maximum absolute atomic E-state index is 12.7. The maximum Gasteiger partial charge on any atom is 0.417 e. The molecule has 0 unspecified atom stereocenters. The van der Waals surface area contributed by atoms with Gasteiger partial charge in [0.05, 0.1) is 17.1 Å². The molecule has 4 rings (SSSR count). The second-order valence-electron chi connectivity index (χ2n) is 8.54. The molecule has 1 aromatic heterocycles. The molecule has 0 aromatic carbocycles. The van der Waals surface area contributed by atoms with E-state index in [-0.39, 0.29) is 11.3 Å². The number of rotatable bonds is 2. The van der Waals surface area contributed by atoms with Crippen molar-refractivity contribution in [3.05, 3.63) is 29.6 Å². The Hall–Kier alpha value is -1.15. The first-order valence-electron chi connectivity index (χ1n) is 9.64. The number of pyridine rings is 1. The van der Waals surface area contributed by atoms with Crippen LogP contribution in [0.2, 0.25) is 0 Å². The summed E-state index contributed by atoms with van der Waals surface area (Å²) in [6, 6.07) is 3.16. The van der Waals surface area contributed by atoms with Crippen LogP contribution in [0.1, 0.15) is 55.7 Å². The molecule has 0 N–H and O–H groups in total. The lowest BCUT2D eigenvalue weighted by Crippen LogP contribution is -2.56. The molecular formula is C19H25F3N2O2S. The number of piperidine rings is 1. The quantitative estimate of drug-likeness (QED) is 0.758. The Labute approximate surface area is 158 Å². The summed E-state index contributed by atoms with van der Waals surface area (Å²) in [5.41, 5.74) is 0.107. The average Bonchev–Trinajstić information content (AvgIpc) is 2.60. The standard InChI is InChI=1S/C19H25F3N2O2S/c20-19(21,22)15-3-6-17(23-11-15)14-1-4-16(5-2-14)24-9-7-18(8-10-24)12-27(25,26)13-18/h3,6,11,14,16H,1-2,4-5,7-10,12-13H2/t14-,16-. The van der Waals surface area contributed by atoms with Gasteiger partial charge in [0.25, 0.3) is 0 Å². The van der Waals surface area contributed by atoms with Crippen LogP contribution in [0.15, 0.2) is 18.3 Å². The van der Waals surface area contributed by atoms with Crippen molar-refractivity contribution in [3.63, 3.8) is 0 Å². The Balaban J connectivity index is 1.28. The molecule has 0 atom stereocenters. The predicted octanol–water partition coefficient (Wildman–Crippen LogP) is 3.64. The first-order valence-corrected chi connectivity index (χ1v) is 11.5. The molecule has 3 heterocycles. The molecule has 0 bridgehead atoms. The van der Waals surface area contributed by atoms with Gasteiger partial charge < -0.3 is 4.90 Å². The number of nitrogens with zero attached hydrogens (tertiary/aromatic N) is 2. The van der Waals surface area contributed by atoms with E-state index in [0.717, 1.165) is 69.6 Å². The van der Waals surface area contributed by atoms with E-state index < -0.39 is 21.6 Å². The lowest BCUT2D eigenvalue weighted by atomic mass is 9.78. The van der Waals surface area contributed by atoms with E-state index in [9.17, 15) is 21.6 Å². The van der Waals surface area contributed by atoms with Crippen LogP contribution in [0, 0.1) is 5.41 Å². The van der Waals surface area contributed by atoms with Crippen LogP contribution in [-0.2, 0) is 16.0 Å². The van der Waals surface area contributed by atoms with Gasteiger partial charge in [-0.25, -0.2) is 8.42 Å². The third kappa shape index (κ3) is 4.01. The second kappa shape index (κ2) is 6.72. The third-order valence-corrected chi connectivity index (χ3v) is 8.76. The van der Waals surface area contributed by atoms with Gasteiger partial charge >= 0.3 is 6.18 Å². The highest BCUT2D eigenvalue weighted by Gasteiger charge is 2.50. The van der Waals surface area contributed by atoms with Gasteiger partial charge in [0.15, 0.2) is 9.84 Å². The van der Waals surface area contributed by atoms with E-state index in [1.165, 1.54) is 6.07 Å². The van der Waals surface area contributed by atoms with Gasteiger partial charge in [0, 0.05) is 29.3 Å². The second-order valence-corrected chi connectivity index (χ2v) is 10.6. The molecule has 8 heteroatoms. The van der Waals surface area contributed by atoms with E-state index in [0.29, 0.717) is 17.5 Å². The SMILES string of the molecule is O=S1(=O)CC2(CCN([C@H]3CC[C@H](c4ccc(C(F)(F)F)cn4)CC3)CC2)C1. The van der Waals surface area contributed by atoms with Gasteiger partial charge in [0.2, 0.25) is 0 Å². The molecule has 1 saturated carbocycles. The van der Waals surface area contributed by atoms with E-state index >= 15 is 0 Å². The lowest BCUT2D eigenvalue weighted by molar-refractivity contribution is -0.137. The zero-order valence-electron chi connectivity index (χ0n) is 15.2. The highest BCUT2D eigenvalue weighted by atomic mass is 32.2. The Morgan fingerprint density at radius 3 is 2.15 bits per heavy atom. The minimum Gasteiger partial charge on any atom is -0.300 e. The summed E-state index contributed by atoms with van der Waals surface area (Å²) >= 11 is 0. The zero-order valence-corrected chi connectivity index (χ0v) is 16.0. The molecular weight excluding hydrogens is 377 g/mol. The van der Waals surface area contributed by atoms with E-state index in [2.05, 4.69) is 9.88 Å². The minimum atomic E-state index is -4.34. The molecule has 1 aromatic rings. The molecule has 3 fully saturated rings. The summed E-state index contributed by atoms with van der Waals surface area (Å²) in [5.74, 6) is 0.955. The number of likely N-dealkylation sites (tertiary alicyclic amines) is 1. The summed E-state index contributed by atoms with van der Waals surface area (Å²) in [6.45, 7) is 1.92. The molecule has 0 amide bonds. The number of halogens is 3. The molecule has 3 aliphatic rings. The van der Waals surface area contributed by atoms with Gasteiger partial charge in [-0.2, -0.15) is 13.2 Å². The number of sulfone groups is 1. The summed E-state index contributed by atoms with van der Waals surface area (Å²) in [6.07, 6.45) is 2.47. The van der Waals surface area contributed by atoms with E-state index in [4.69, 9.17) is 0 Å². The number of hydrogen-bond acceptors (Lipinski definition) is 4. The van der Waals surface area contributed by atoms with Crippen molar-refractivity contribution in [2.24, 2.45) is 5.41 Å². The first-order chi connectivity index (χ1) is 12.7. The van der Waals surface area contributed by atoms with Crippen LogP contribution >= 0.6 is 0 Å². The summed E-state index contributed by atoms with van der Waals surface area (Å²) in [5, 5.41) is 0. The monoisotopic (exact) mass is 402 g/mol.